The van der Waals surface area contributed by atoms with Crippen LogP contribution in [-0.4, -0.2) is 36.1 Å². The smallest absolute Gasteiger partial charge is 0.405 e. The van der Waals surface area contributed by atoms with Crippen molar-refractivity contribution in [1.82, 2.24) is 10.6 Å². The molecule has 1 fully saturated rings. The first-order valence-electron chi connectivity index (χ1n) is 6.38. The molecule has 0 bridgehead atoms. The van der Waals surface area contributed by atoms with Gasteiger partial charge in [-0.15, -0.1) is 13.2 Å². The van der Waals surface area contributed by atoms with Gasteiger partial charge in [0.05, 0.1) is 12.1 Å². The van der Waals surface area contributed by atoms with Gasteiger partial charge in [-0.1, -0.05) is 18.2 Å². The van der Waals surface area contributed by atoms with Crippen LogP contribution in [0.5, 0.6) is 5.75 Å². The summed E-state index contributed by atoms with van der Waals surface area (Å²) in [5, 5.41) is 14.7. The molecule has 1 aromatic rings. The maximum atomic E-state index is 12.3. The normalized spacial score (nSPS) is 22.1. The Morgan fingerprint density at radius 3 is 2.76 bits per heavy atom. The maximum absolute atomic E-state index is 12.3. The van der Waals surface area contributed by atoms with Crippen LogP contribution < -0.4 is 15.4 Å². The summed E-state index contributed by atoms with van der Waals surface area (Å²) in [7, 11) is 0. The summed E-state index contributed by atoms with van der Waals surface area (Å²) in [4.78, 5) is 11.8. The van der Waals surface area contributed by atoms with E-state index in [0.717, 1.165) is 0 Å². The number of carbonyl (C=O) groups is 1. The molecule has 0 spiro atoms. The first-order valence-corrected chi connectivity index (χ1v) is 6.38. The summed E-state index contributed by atoms with van der Waals surface area (Å²) in [6.07, 6.45) is -5.08. The Kier molecular flexibility index (Phi) is 4.69. The molecule has 1 amide bonds. The number of nitrogens with one attached hydrogen (secondary N) is 2. The highest BCUT2D eigenvalue weighted by Gasteiger charge is 2.32. The molecular formula is C13H15F3N2O3. The van der Waals surface area contributed by atoms with Gasteiger partial charge >= 0.3 is 6.36 Å². The van der Waals surface area contributed by atoms with Crippen LogP contribution in [-0.2, 0) is 11.3 Å². The van der Waals surface area contributed by atoms with E-state index in [1.807, 2.05) is 0 Å². The summed E-state index contributed by atoms with van der Waals surface area (Å²) in [5.74, 6) is -0.710. The average Bonchev–Trinajstić information content (AvgIpc) is 2.82. The number of aliphatic hydroxyl groups is 1. The molecule has 0 aliphatic carbocycles. The summed E-state index contributed by atoms with van der Waals surface area (Å²) < 4.78 is 40.7. The summed E-state index contributed by atoms with van der Waals surface area (Å²) in [6, 6.07) is 5.07. The van der Waals surface area contributed by atoms with Gasteiger partial charge in [0.25, 0.3) is 0 Å². The summed E-state index contributed by atoms with van der Waals surface area (Å²) in [6.45, 7) is 0.241. The van der Waals surface area contributed by atoms with E-state index in [1.54, 1.807) is 6.07 Å². The molecule has 1 saturated heterocycles. The highest BCUT2D eigenvalue weighted by molar-refractivity contribution is 5.82. The Morgan fingerprint density at radius 1 is 1.43 bits per heavy atom. The van der Waals surface area contributed by atoms with Gasteiger partial charge in [-0.3, -0.25) is 4.79 Å². The average molecular weight is 304 g/mol. The zero-order valence-electron chi connectivity index (χ0n) is 11.0. The van der Waals surface area contributed by atoms with E-state index in [1.165, 1.54) is 18.2 Å². The minimum Gasteiger partial charge on any atom is -0.405 e. The highest BCUT2D eigenvalue weighted by atomic mass is 19.4. The van der Waals surface area contributed by atoms with Gasteiger partial charge in [0, 0.05) is 18.7 Å². The number of aliphatic hydroxyl groups excluding tert-OH is 1. The van der Waals surface area contributed by atoms with Crippen LogP contribution in [0, 0.1) is 0 Å². The second kappa shape index (κ2) is 6.31. The zero-order valence-corrected chi connectivity index (χ0v) is 11.0. The minimum atomic E-state index is -4.78. The molecule has 2 rings (SSSR count). The number of para-hydroxylation sites is 1. The Bertz CT molecular complexity index is 508. The molecule has 1 aliphatic rings. The molecule has 116 valence electrons. The van der Waals surface area contributed by atoms with Crippen molar-refractivity contribution in [3.63, 3.8) is 0 Å². The van der Waals surface area contributed by atoms with E-state index in [4.69, 9.17) is 0 Å². The van der Waals surface area contributed by atoms with Crippen LogP contribution in [0.25, 0.3) is 0 Å². The van der Waals surface area contributed by atoms with E-state index in [0.29, 0.717) is 6.54 Å². The number of alkyl halides is 3. The molecule has 0 saturated carbocycles. The van der Waals surface area contributed by atoms with Gasteiger partial charge in [-0.05, 0) is 12.5 Å². The lowest BCUT2D eigenvalue weighted by Gasteiger charge is -2.15. The number of carbonyl (C=O) groups excluding carboxylic acids is 1. The molecule has 21 heavy (non-hydrogen) atoms. The summed E-state index contributed by atoms with van der Waals surface area (Å²) in [5.41, 5.74) is 0.224. The van der Waals surface area contributed by atoms with Crippen molar-refractivity contribution in [3.05, 3.63) is 29.8 Å². The number of rotatable bonds is 4. The standard InChI is InChI=1S/C13H15F3N2O3/c14-13(15,16)21-11-4-2-1-3-8(11)6-18-12(20)10-5-9(19)7-17-10/h1-4,9-10,17,19H,5-7H2,(H,18,20)/t9-,10+/m1/s1. The monoisotopic (exact) mass is 304 g/mol. The number of hydrogen-bond donors (Lipinski definition) is 3. The first kappa shape index (κ1) is 15.6. The van der Waals surface area contributed by atoms with Crippen molar-refractivity contribution in [3.8, 4) is 5.75 Å². The molecule has 1 heterocycles. The number of benzene rings is 1. The maximum Gasteiger partial charge on any atom is 0.573 e. The lowest BCUT2D eigenvalue weighted by atomic mass is 10.1. The van der Waals surface area contributed by atoms with Gasteiger partial charge in [0.15, 0.2) is 0 Å². The van der Waals surface area contributed by atoms with Gasteiger partial charge < -0.3 is 20.5 Å². The molecule has 3 N–H and O–H groups in total. The van der Waals surface area contributed by atoms with Crippen molar-refractivity contribution in [1.29, 1.82) is 0 Å². The minimum absolute atomic E-state index is 0.0840. The molecule has 0 aromatic heterocycles. The fraction of sp³-hybridized carbons (Fsp3) is 0.462. The Hall–Kier alpha value is -1.80. The van der Waals surface area contributed by atoms with Crippen LogP contribution >= 0.6 is 0 Å². The SMILES string of the molecule is O=C(NCc1ccccc1OC(F)(F)F)[C@@H]1C[C@@H](O)CN1. The summed E-state index contributed by atoms with van der Waals surface area (Å²) >= 11 is 0. The third-order valence-corrected chi connectivity index (χ3v) is 3.08. The zero-order chi connectivity index (χ0) is 15.5. The van der Waals surface area contributed by atoms with E-state index < -0.39 is 18.5 Å². The van der Waals surface area contributed by atoms with Gasteiger partial charge in [-0.25, -0.2) is 0 Å². The van der Waals surface area contributed by atoms with Crippen molar-refractivity contribution >= 4 is 5.91 Å². The van der Waals surface area contributed by atoms with Crippen LogP contribution in [0.15, 0.2) is 24.3 Å². The topological polar surface area (TPSA) is 70.6 Å². The second-order valence-electron chi connectivity index (χ2n) is 4.72. The van der Waals surface area contributed by atoms with E-state index >= 15 is 0 Å². The van der Waals surface area contributed by atoms with Crippen molar-refractivity contribution in [2.24, 2.45) is 0 Å². The Morgan fingerprint density at radius 2 is 2.14 bits per heavy atom. The fourth-order valence-electron chi connectivity index (χ4n) is 2.10. The van der Waals surface area contributed by atoms with Crippen LogP contribution in [0.4, 0.5) is 13.2 Å². The molecule has 8 heteroatoms. The number of hydrogen-bond acceptors (Lipinski definition) is 4. The lowest BCUT2D eigenvalue weighted by molar-refractivity contribution is -0.274. The van der Waals surface area contributed by atoms with Gasteiger partial charge in [0.1, 0.15) is 5.75 Å². The molecule has 5 nitrogen and oxygen atoms in total. The van der Waals surface area contributed by atoms with Crippen LogP contribution in [0.2, 0.25) is 0 Å². The van der Waals surface area contributed by atoms with Gasteiger partial charge in [0.2, 0.25) is 5.91 Å². The van der Waals surface area contributed by atoms with E-state index in [-0.39, 0.29) is 30.2 Å². The van der Waals surface area contributed by atoms with Crippen molar-refractivity contribution < 1.29 is 27.8 Å². The molecule has 2 atom stereocenters. The Balaban J connectivity index is 1.95. The lowest BCUT2D eigenvalue weighted by Crippen LogP contribution is -2.40. The molecule has 1 aliphatic heterocycles. The van der Waals surface area contributed by atoms with Crippen molar-refractivity contribution in [2.75, 3.05) is 6.54 Å². The third-order valence-electron chi connectivity index (χ3n) is 3.08. The van der Waals surface area contributed by atoms with Crippen LogP contribution in [0.3, 0.4) is 0 Å². The second-order valence-corrected chi connectivity index (χ2v) is 4.72. The molecular weight excluding hydrogens is 289 g/mol. The van der Waals surface area contributed by atoms with Crippen molar-refractivity contribution in [2.45, 2.75) is 31.5 Å². The third kappa shape index (κ3) is 4.61. The highest BCUT2D eigenvalue weighted by Crippen LogP contribution is 2.26. The first-order chi connectivity index (χ1) is 9.85. The quantitative estimate of drug-likeness (QED) is 0.774. The van der Waals surface area contributed by atoms with E-state index in [2.05, 4.69) is 15.4 Å². The number of ether oxygens (including phenoxy) is 1. The largest absolute Gasteiger partial charge is 0.573 e. The number of β-amino-alcohol motifs (C(OH)–C–C–N with tert-alkyl or cyclic N) is 1. The predicted molar refractivity (Wildman–Crippen MR) is 67.4 cm³/mol. The van der Waals surface area contributed by atoms with Gasteiger partial charge in [-0.2, -0.15) is 0 Å². The molecule has 1 aromatic carbocycles. The number of halogens is 3. The fourth-order valence-corrected chi connectivity index (χ4v) is 2.10. The predicted octanol–water partition coefficient (Wildman–Crippen LogP) is 0.924. The molecule has 0 unspecified atom stereocenters. The van der Waals surface area contributed by atoms with Crippen LogP contribution in [0.1, 0.15) is 12.0 Å². The van der Waals surface area contributed by atoms with E-state index in [9.17, 15) is 23.1 Å². The Labute approximate surface area is 119 Å². The number of amides is 1. The molecule has 0 radical (unpaired) electrons.